The molecule has 0 saturated carbocycles. The van der Waals surface area contributed by atoms with Gasteiger partial charge in [0.1, 0.15) is 11.5 Å². The summed E-state index contributed by atoms with van der Waals surface area (Å²) in [7, 11) is 3.14. The third-order valence-corrected chi connectivity index (χ3v) is 3.32. The molecule has 0 fully saturated rings. The number of benzene rings is 1. The van der Waals surface area contributed by atoms with E-state index in [1.807, 2.05) is 6.07 Å². The molecule has 1 aromatic carbocycles. The van der Waals surface area contributed by atoms with Crippen molar-refractivity contribution in [3.05, 3.63) is 29.5 Å². The lowest BCUT2D eigenvalue weighted by atomic mass is 9.85. The summed E-state index contributed by atoms with van der Waals surface area (Å²) in [4.78, 5) is 10.9. The Labute approximate surface area is 128 Å². The van der Waals surface area contributed by atoms with Gasteiger partial charge >= 0.3 is 5.97 Å². The van der Waals surface area contributed by atoms with Crippen LogP contribution in [0.1, 0.15) is 36.8 Å². The van der Waals surface area contributed by atoms with Crippen molar-refractivity contribution in [1.82, 2.24) is 5.16 Å². The molecule has 0 radical (unpaired) electrons. The van der Waals surface area contributed by atoms with Gasteiger partial charge in [-0.05, 0) is 17.5 Å². The first-order chi connectivity index (χ1) is 10.3. The highest BCUT2D eigenvalue weighted by Gasteiger charge is 2.24. The lowest BCUT2D eigenvalue weighted by Crippen LogP contribution is -2.13. The first-order valence-electron chi connectivity index (χ1n) is 6.74. The number of carbonyl (C=O) groups is 1. The third-order valence-electron chi connectivity index (χ3n) is 3.32. The van der Waals surface area contributed by atoms with Gasteiger partial charge in [0.15, 0.2) is 11.5 Å². The first kappa shape index (κ1) is 15.9. The summed E-state index contributed by atoms with van der Waals surface area (Å²) in [5.74, 6) is 0.413. The molecule has 0 bridgehead atoms. The molecule has 1 aromatic heterocycles. The highest BCUT2D eigenvalue weighted by molar-refractivity contribution is 5.87. The van der Waals surface area contributed by atoms with Crippen LogP contribution in [0.4, 0.5) is 0 Å². The molecule has 0 aliphatic carbocycles. The number of aromatic carboxylic acids is 1. The average molecular weight is 305 g/mol. The summed E-state index contributed by atoms with van der Waals surface area (Å²) >= 11 is 0. The first-order valence-corrected chi connectivity index (χ1v) is 6.74. The molecule has 118 valence electrons. The van der Waals surface area contributed by atoms with Crippen LogP contribution < -0.4 is 9.47 Å². The largest absolute Gasteiger partial charge is 0.496 e. The van der Waals surface area contributed by atoms with Gasteiger partial charge in [0, 0.05) is 11.6 Å². The highest BCUT2D eigenvalue weighted by Crippen LogP contribution is 2.41. The fourth-order valence-electron chi connectivity index (χ4n) is 2.18. The molecular weight excluding hydrogens is 286 g/mol. The fourth-order valence-corrected chi connectivity index (χ4v) is 2.18. The summed E-state index contributed by atoms with van der Waals surface area (Å²) in [6, 6.07) is 5.00. The normalized spacial score (nSPS) is 11.3. The van der Waals surface area contributed by atoms with E-state index in [0.717, 1.165) is 5.56 Å². The van der Waals surface area contributed by atoms with Crippen molar-refractivity contribution >= 4 is 5.97 Å². The Bertz CT molecular complexity index is 697. The van der Waals surface area contributed by atoms with Gasteiger partial charge in [-0.25, -0.2) is 4.79 Å². The monoisotopic (exact) mass is 305 g/mol. The van der Waals surface area contributed by atoms with Gasteiger partial charge in [0.25, 0.3) is 0 Å². The predicted octanol–water partition coefficient (Wildman–Crippen LogP) is 3.35. The SMILES string of the molecule is COc1cc(C(C)(C)C)c(OC)cc1-c1cc(C(=O)O)no1. The minimum absolute atomic E-state index is 0.134. The maximum Gasteiger partial charge on any atom is 0.358 e. The second-order valence-corrected chi connectivity index (χ2v) is 5.88. The van der Waals surface area contributed by atoms with Crippen molar-refractivity contribution < 1.29 is 23.9 Å². The van der Waals surface area contributed by atoms with Gasteiger partial charge < -0.3 is 19.1 Å². The molecule has 0 aliphatic heterocycles. The molecule has 2 aromatic rings. The molecule has 6 nitrogen and oxygen atoms in total. The Balaban J connectivity index is 2.62. The lowest BCUT2D eigenvalue weighted by Gasteiger charge is -2.23. The summed E-state index contributed by atoms with van der Waals surface area (Å²) in [5, 5.41) is 12.5. The Kier molecular flexibility index (Phi) is 4.12. The van der Waals surface area contributed by atoms with E-state index in [1.165, 1.54) is 6.07 Å². The van der Waals surface area contributed by atoms with Gasteiger partial charge in [-0.3, -0.25) is 0 Å². The number of hydrogen-bond donors (Lipinski definition) is 1. The predicted molar refractivity (Wildman–Crippen MR) is 80.7 cm³/mol. The van der Waals surface area contributed by atoms with Gasteiger partial charge in [0.2, 0.25) is 0 Å². The number of aromatic nitrogens is 1. The zero-order chi connectivity index (χ0) is 16.5. The topological polar surface area (TPSA) is 81.8 Å². The number of nitrogens with zero attached hydrogens (tertiary/aromatic N) is 1. The third kappa shape index (κ3) is 2.90. The van der Waals surface area contributed by atoms with Crippen molar-refractivity contribution in [1.29, 1.82) is 0 Å². The molecule has 1 N–H and O–H groups in total. The van der Waals surface area contributed by atoms with Crippen LogP contribution in [-0.4, -0.2) is 30.5 Å². The molecule has 0 spiro atoms. The Hall–Kier alpha value is -2.50. The maximum atomic E-state index is 10.9. The molecule has 22 heavy (non-hydrogen) atoms. The molecule has 1 heterocycles. The van der Waals surface area contributed by atoms with E-state index in [-0.39, 0.29) is 11.1 Å². The Morgan fingerprint density at radius 3 is 2.23 bits per heavy atom. The van der Waals surface area contributed by atoms with Crippen molar-refractivity contribution in [3.8, 4) is 22.8 Å². The van der Waals surface area contributed by atoms with Crippen LogP contribution in [0.5, 0.6) is 11.5 Å². The molecule has 0 atom stereocenters. The van der Waals surface area contributed by atoms with Crippen LogP contribution in [0.25, 0.3) is 11.3 Å². The molecular formula is C16H19NO5. The molecule has 6 heteroatoms. The number of rotatable bonds is 4. The Morgan fingerprint density at radius 1 is 1.14 bits per heavy atom. The van der Waals surface area contributed by atoms with Gasteiger partial charge in [-0.2, -0.15) is 0 Å². The minimum atomic E-state index is -1.15. The van der Waals surface area contributed by atoms with Crippen molar-refractivity contribution in [2.75, 3.05) is 14.2 Å². The molecule has 0 saturated heterocycles. The number of carboxylic acids is 1. The number of methoxy groups -OCH3 is 2. The summed E-state index contributed by atoms with van der Waals surface area (Å²) < 4.78 is 16.0. The standard InChI is InChI=1S/C16H19NO5/c1-16(2,3)10-7-12(20-4)9(6-14(10)21-5)13-8-11(15(18)19)17-22-13/h6-8H,1-5H3,(H,18,19). The van der Waals surface area contributed by atoms with Crippen LogP contribution in [0.15, 0.2) is 22.7 Å². The lowest BCUT2D eigenvalue weighted by molar-refractivity contribution is 0.0686. The van der Waals surface area contributed by atoms with Crippen LogP contribution in [0.3, 0.4) is 0 Å². The molecule has 0 amide bonds. The maximum absolute atomic E-state index is 10.9. The van der Waals surface area contributed by atoms with E-state index >= 15 is 0 Å². The second-order valence-electron chi connectivity index (χ2n) is 5.88. The van der Waals surface area contributed by atoms with E-state index in [4.69, 9.17) is 19.1 Å². The molecule has 2 rings (SSSR count). The van der Waals surface area contributed by atoms with Crippen LogP contribution in [0, 0.1) is 0 Å². The van der Waals surface area contributed by atoms with Crippen LogP contribution in [-0.2, 0) is 5.41 Å². The van der Waals surface area contributed by atoms with E-state index in [9.17, 15) is 4.79 Å². The summed E-state index contributed by atoms with van der Waals surface area (Å²) in [6.45, 7) is 6.21. The zero-order valence-corrected chi connectivity index (χ0v) is 13.3. The average Bonchev–Trinajstić information content (AvgIpc) is 2.94. The van der Waals surface area contributed by atoms with Gasteiger partial charge in [-0.1, -0.05) is 25.9 Å². The quantitative estimate of drug-likeness (QED) is 0.932. The van der Waals surface area contributed by atoms with Crippen molar-refractivity contribution in [3.63, 3.8) is 0 Å². The molecule has 0 aliphatic rings. The van der Waals surface area contributed by atoms with Crippen molar-refractivity contribution in [2.45, 2.75) is 26.2 Å². The van der Waals surface area contributed by atoms with Gasteiger partial charge in [0.05, 0.1) is 19.8 Å². The van der Waals surface area contributed by atoms with E-state index in [1.54, 1.807) is 20.3 Å². The van der Waals surface area contributed by atoms with E-state index < -0.39 is 5.97 Å². The fraction of sp³-hybridized carbons (Fsp3) is 0.375. The van der Waals surface area contributed by atoms with Crippen LogP contribution >= 0.6 is 0 Å². The number of hydrogen-bond acceptors (Lipinski definition) is 5. The summed E-state index contributed by atoms with van der Waals surface area (Å²) in [6.07, 6.45) is 0. The Morgan fingerprint density at radius 2 is 1.77 bits per heavy atom. The minimum Gasteiger partial charge on any atom is -0.496 e. The van der Waals surface area contributed by atoms with Gasteiger partial charge in [-0.15, -0.1) is 0 Å². The highest BCUT2D eigenvalue weighted by atomic mass is 16.5. The summed E-state index contributed by atoms with van der Waals surface area (Å²) in [5.41, 5.74) is 1.28. The second kappa shape index (κ2) is 5.71. The molecule has 0 unspecified atom stereocenters. The smallest absolute Gasteiger partial charge is 0.358 e. The van der Waals surface area contributed by atoms with E-state index in [2.05, 4.69) is 25.9 Å². The zero-order valence-electron chi connectivity index (χ0n) is 13.3. The van der Waals surface area contributed by atoms with Crippen molar-refractivity contribution in [2.24, 2.45) is 0 Å². The van der Waals surface area contributed by atoms with Crippen LogP contribution in [0.2, 0.25) is 0 Å². The number of ether oxygens (including phenoxy) is 2. The number of carboxylic acid groups (broad SMARTS) is 1. The van der Waals surface area contributed by atoms with E-state index in [0.29, 0.717) is 22.8 Å².